The van der Waals surface area contributed by atoms with E-state index in [4.69, 9.17) is 19.0 Å². The Morgan fingerprint density at radius 3 is 2.42 bits per heavy atom. The number of hydrogen-bond donors (Lipinski definition) is 0. The molecular formula is C13H17NO5. The number of rotatable bonds is 4. The average Bonchev–Trinajstić information content (AvgIpc) is 2.98. The maximum absolute atomic E-state index is 12.3. The third kappa shape index (κ3) is 2.44. The number of hydroxylamine groups is 2. The largest absolute Gasteiger partial charge is 0.493 e. The van der Waals surface area contributed by atoms with E-state index in [1.54, 1.807) is 12.1 Å². The Labute approximate surface area is 111 Å². The molecule has 0 aliphatic carbocycles. The van der Waals surface area contributed by atoms with Crippen LogP contribution in [0.25, 0.3) is 0 Å². The van der Waals surface area contributed by atoms with Gasteiger partial charge in [0.2, 0.25) is 5.75 Å². The summed E-state index contributed by atoms with van der Waals surface area (Å²) in [5.74, 6) is 1.02. The Morgan fingerprint density at radius 2 is 1.89 bits per heavy atom. The van der Waals surface area contributed by atoms with E-state index in [1.165, 1.54) is 26.4 Å². The Bertz CT molecular complexity index is 468. The maximum Gasteiger partial charge on any atom is 0.281 e. The van der Waals surface area contributed by atoms with Crippen LogP contribution in [-0.2, 0) is 4.84 Å². The first-order valence-corrected chi connectivity index (χ1v) is 5.96. The number of hydrogen-bond acceptors (Lipinski definition) is 5. The van der Waals surface area contributed by atoms with Gasteiger partial charge < -0.3 is 14.2 Å². The zero-order valence-corrected chi connectivity index (χ0v) is 11.3. The molecule has 0 spiro atoms. The smallest absolute Gasteiger partial charge is 0.281 e. The Kier molecular flexibility index (Phi) is 4.11. The van der Waals surface area contributed by atoms with Gasteiger partial charge in [-0.25, -0.2) is 5.06 Å². The quantitative estimate of drug-likeness (QED) is 0.827. The molecule has 6 heteroatoms. The molecule has 1 aromatic carbocycles. The second kappa shape index (κ2) is 5.79. The molecule has 1 aromatic rings. The topological polar surface area (TPSA) is 57.2 Å². The number of carbonyl (C=O) groups is 1. The van der Waals surface area contributed by atoms with Crippen LogP contribution in [0.4, 0.5) is 0 Å². The second-order valence-electron chi connectivity index (χ2n) is 3.98. The summed E-state index contributed by atoms with van der Waals surface area (Å²) < 4.78 is 15.7. The predicted octanol–water partition coefficient (Wildman–Crippen LogP) is 1.49. The molecular weight excluding hydrogens is 250 g/mol. The van der Waals surface area contributed by atoms with Crippen LogP contribution < -0.4 is 14.2 Å². The molecule has 1 heterocycles. The average molecular weight is 267 g/mol. The third-order valence-electron chi connectivity index (χ3n) is 2.91. The molecule has 1 aliphatic heterocycles. The summed E-state index contributed by atoms with van der Waals surface area (Å²) in [5.41, 5.74) is 0.391. The summed E-state index contributed by atoms with van der Waals surface area (Å²) in [6.07, 6.45) is 0.835. The van der Waals surface area contributed by atoms with Crippen molar-refractivity contribution in [1.82, 2.24) is 5.06 Å². The predicted molar refractivity (Wildman–Crippen MR) is 67.7 cm³/mol. The number of amides is 1. The van der Waals surface area contributed by atoms with Crippen molar-refractivity contribution in [3.8, 4) is 17.2 Å². The van der Waals surface area contributed by atoms with Crippen molar-refractivity contribution >= 4 is 5.91 Å². The van der Waals surface area contributed by atoms with E-state index < -0.39 is 0 Å². The van der Waals surface area contributed by atoms with Crippen molar-refractivity contribution in [2.45, 2.75) is 6.42 Å². The lowest BCUT2D eigenvalue weighted by molar-refractivity contribution is -0.0769. The summed E-state index contributed by atoms with van der Waals surface area (Å²) in [6, 6.07) is 3.31. The molecule has 0 radical (unpaired) electrons. The Hall–Kier alpha value is -1.95. The molecule has 1 saturated heterocycles. The van der Waals surface area contributed by atoms with Gasteiger partial charge in [0, 0.05) is 0 Å². The number of methoxy groups -OCH3 is 3. The standard InChI is InChI=1S/C13H17NO5/c1-16-10-6-5-9(11(17-2)12(10)18-3)13(15)14-7-4-8-19-14/h5-6H,4,7-8H2,1-3H3. The molecule has 104 valence electrons. The van der Waals surface area contributed by atoms with Crippen molar-refractivity contribution in [1.29, 1.82) is 0 Å². The maximum atomic E-state index is 12.3. The molecule has 0 aromatic heterocycles. The normalized spacial score (nSPS) is 14.4. The van der Waals surface area contributed by atoms with E-state index in [9.17, 15) is 4.79 Å². The number of carbonyl (C=O) groups excluding carboxylic acids is 1. The van der Waals surface area contributed by atoms with Crippen LogP contribution >= 0.6 is 0 Å². The van der Waals surface area contributed by atoms with Crippen LogP contribution in [0.2, 0.25) is 0 Å². The highest BCUT2D eigenvalue weighted by Gasteiger charge is 2.27. The van der Waals surface area contributed by atoms with Crippen molar-refractivity contribution in [2.75, 3.05) is 34.5 Å². The fourth-order valence-corrected chi connectivity index (χ4v) is 2.01. The first-order valence-electron chi connectivity index (χ1n) is 5.96. The van der Waals surface area contributed by atoms with Crippen LogP contribution in [-0.4, -0.2) is 45.5 Å². The lowest BCUT2D eigenvalue weighted by Crippen LogP contribution is -2.27. The summed E-state index contributed by atoms with van der Waals surface area (Å²) in [7, 11) is 4.52. The minimum Gasteiger partial charge on any atom is -0.493 e. The van der Waals surface area contributed by atoms with Crippen LogP contribution in [0.15, 0.2) is 12.1 Å². The molecule has 0 atom stereocenters. The summed E-state index contributed by atoms with van der Waals surface area (Å²) in [4.78, 5) is 17.6. The molecule has 0 saturated carbocycles. The van der Waals surface area contributed by atoms with Gasteiger partial charge >= 0.3 is 0 Å². The summed E-state index contributed by atoms with van der Waals surface area (Å²) in [5, 5.41) is 1.34. The second-order valence-corrected chi connectivity index (χ2v) is 3.98. The highest BCUT2D eigenvalue weighted by Crippen LogP contribution is 2.40. The van der Waals surface area contributed by atoms with Gasteiger partial charge in [-0.2, -0.15) is 0 Å². The highest BCUT2D eigenvalue weighted by molar-refractivity contribution is 5.97. The van der Waals surface area contributed by atoms with Gasteiger partial charge in [-0.15, -0.1) is 0 Å². The van der Waals surface area contributed by atoms with Crippen LogP contribution in [0, 0.1) is 0 Å². The molecule has 1 fully saturated rings. The minimum atomic E-state index is -0.240. The first kappa shape index (κ1) is 13.5. The molecule has 0 unspecified atom stereocenters. The van der Waals surface area contributed by atoms with Crippen LogP contribution in [0.5, 0.6) is 17.2 Å². The monoisotopic (exact) mass is 267 g/mol. The van der Waals surface area contributed by atoms with Gasteiger partial charge in [-0.05, 0) is 18.6 Å². The van der Waals surface area contributed by atoms with Gasteiger partial charge in [-0.1, -0.05) is 0 Å². The SMILES string of the molecule is COc1ccc(C(=O)N2CCCO2)c(OC)c1OC. The fourth-order valence-electron chi connectivity index (χ4n) is 2.01. The van der Waals surface area contributed by atoms with E-state index in [-0.39, 0.29) is 5.91 Å². The number of ether oxygens (including phenoxy) is 3. The number of benzene rings is 1. The van der Waals surface area contributed by atoms with Gasteiger partial charge in [0.25, 0.3) is 5.91 Å². The van der Waals surface area contributed by atoms with Crippen LogP contribution in [0.3, 0.4) is 0 Å². The molecule has 19 heavy (non-hydrogen) atoms. The lowest BCUT2D eigenvalue weighted by Gasteiger charge is -2.18. The van der Waals surface area contributed by atoms with Gasteiger partial charge in [-0.3, -0.25) is 9.63 Å². The zero-order valence-electron chi connectivity index (χ0n) is 11.3. The summed E-state index contributed by atoms with van der Waals surface area (Å²) >= 11 is 0. The lowest BCUT2D eigenvalue weighted by atomic mass is 10.1. The Balaban J connectivity index is 2.42. The van der Waals surface area contributed by atoms with E-state index in [1.807, 2.05) is 0 Å². The highest BCUT2D eigenvalue weighted by atomic mass is 16.7. The molecule has 1 aliphatic rings. The zero-order chi connectivity index (χ0) is 13.8. The van der Waals surface area contributed by atoms with Gasteiger partial charge in [0.15, 0.2) is 11.5 Å². The molecule has 1 amide bonds. The first-order chi connectivity index (χ1) is 9.22. The molecule has 0 bridgehead atoms. The van der Waals surface area contributed by atoms with Gasteiger partial charge in [0.1, 0.15) is 0 Å². The molecule has 2 rings (SSSR count). The third-order valence-corrected chi connectivity index (χ3v) is 2.91. The minimum absolute atomic E-state index is 0.240. The van der Waals surface area contributed by atoms with Crippen molar-refractivity contribution < 1.29 is 23.8 Å². The van der Waals surface area contributed by atoms with Crippen LogP contribution in [0.1, 0.15) is 16.8 Å². The Morgan fingerprint density at radius 1 is 1.16 bits per heavy atom. The van der Waals surface area contributed by atoms with E-state index in [2.05, 4.69) is 0 Å². The summed E-state index contributed by atoms with van der Waals surface area (Å²) in [6.45, 7) is 1.14. The van der Waals surface area contributed by atoms with Crippen molar-refractivity contribution in [3.05, 3.63) is 17.7 Å². The fraction of sp³-hybridized carbons (Fsp3) is 0.462. The molecule has 6 nitrogen and oxygen atoms in total. The van der Waals surface area contributed by atoms with E-state index in [0.29, 0.717) is 36.0 Å². The molecule has 0 N–H and O–H groups in total. The van der Waals surface area contributed by atoms with Gasteiger partial charge in [0.05, 0.1) is 40.0 Å². The van der Waals surface area contributed by atoms with Crippen molar-refractivity contribution in [2.24, 2.45) is 0 Å². The van der Waals surface area contributed by atoms with E-state index in [0.717, 1.165) is 6.42 Å². The van der Waals surface area contributed by atoms with Crippen molar-refractivity contribution in [3.63, 3.8) is 0 Å². The van der Waals surface area contributed by atoms with E-state index >= 15 is 0 Å². The number of nitrogens with zero attached hydrogens (tertiary/aromatic N) is 1.